The van der Waals surface area contributed by atoms with Gasteiger partial charge in [0.2, 0.25) is 15.9 Å². The van der Waals surface area contributed by atoms with Crippen LogP contribution in [0.25, 0.3) is 0 Å². The molecule has 2 rings (SSSR count). The fraction of sp³-hybridized carbons (Fsp3) is 0.450. The molecule has 30 heavy (non-hydrogen) atoms. The highest BCUT2D eigenvalue weighted by atomic mass is 32.2. The number of amides is 1. The van der Waals surface area contributed by atoms with Crippen molar-refractivity contribution >= 4 is 21.6 Å². The topological polar surface area (TPSA) is 117 Å². The number of carbonyl (C=O) groups is 1. The highest BCUT2D eigenvalue weighted by molar-refractivity contribution is 7.89. The van der Waals surface area contributed by atoms with Gasteiger partial charge in [0.1, 0.15) is 10.6 Å². The first-order chi connectivity index (χ1) is 14.1. The predicted octanol–water partition coefficient (Wildman–Crippen LogP) is 2.24. The van der Waals surface area contributed by atoms with Crippen LogP contribution in [0.4, 0.5) is 5.69 Å². The van der Waals surface area contributed by atoms with Gasteiger partial charge in [0.05, 0.1) is 31.8 Å². The second-order valence-corrected chi connectivity index (χ2v) is 9.10. The maximum absolute atomic E-state index is 12.5. The van der Waals surface area contributed by atoms with Crippen molar-refractivity contribution in [2.24, 2.45) is 0 Å². The van der Waals surface area contributed by atoms with E-state index in [1.165, 1.54) is 33.3 Å². The number of methoxy groups -OCH3 is 1. The van der Waals surface area contributed by atoms with E-state index in [0.29, 0.717) is 25.1 Å². The molecule has 2 aromatic rings. The summed E-state index contributed by atoms with van der Waals surface area (Å²) in [7, 11) is 0.530. The van der Waals surface area contributed by atoms with Gasteiger partial charge in [0.15, 0.2) is 0 Å². The summed E-state index contributed by atoms with van der Waals surface area (Å²) in [6, 6.07) is 6.60. The average molecular weight is 434 g/mol. The molecule has 0 bridgehead atoms. The highest BCUT2D eigenvalue weighted by Crippen LogP contribution is 2.29. The maximum Gasteiger partial charge on any atom is 0.246 e. The number of sulfonamides is 1. The van der Waals surface area contributed by atoms with Crippen LogP contribution in [0.5, 0.6) is 5.75 Å². The number of nitrogens with one attached hydrogen (secondary N) is 1. The lowest BCUT2D eigenvalue weighted by atomic mass is 10.1. The van der Waals surface area contributed by atoms with Crippen molar-refractivity contribution in [2.75, 3.05) is 26.5 Å². The zero-order chi connectivity index (χ0) is 22.5. The Morgan fingerprint density at radius 2 is 2.03 bits per heavy atom. The van der Waals surface area contributed by atoms with E-state index in [2.05, 4.69) is 16.5 Å². The lowest BCUT2D eigenvalue weighted by molar-refractivity contribution is -0.116. The third-order valence-corrected chi connectivity index (χ3v) is 6.61. The Bertz CT molecular complexity index is 1070. The zero-order valence-corrected chi connectivity index (χ0v) is 18.7. The first kappa shape index (κ1) is 23.4. The number of hydrogen-bond acceptors (Lipinski definition) is 6. The Balaban J connectivity index is 2.13. The predicted molar refractivity (Wildman–Crippen MR) is 113 cm³/mol. The van der Waals surface area contributed by atoms with Gasteiger partial charge in [-0.3, -0.25) is 9.48 Å². The van der Waals surface area contributed by atoms with Crippen molar-refractivity contribution < 1.29 is 17.9 Å². The van der Waals surface area contributed by atoms with Gasteiger partial charge in [-0.25, -0.2) is 12.7 Å². The quantitative estimate of drug-likeness (QED) is 0.648. The Morgan fingerprint density at radius 3 is 2.63 bits per heavy atom. The van der Waals surface area contributed by atoms with Crippen LogP contribution in [0.1, 0.15) is 29.8 Å². The fourth-order valence-electron chi connectivity index (χ4n) is 3.08. The van der Waals surface area contributed by atoms with Gasteiger partial charge in [0.25, 0.3) is 0 Å². The summed E-state index contributed by atoms with van der Waals surface area (Å²) in [5.74, 6) is -0.0327. The number of hydrogen-bond donors (Lipinski definition) is 1. The van der Waals surface area contributed by atoms with E-state index in [1.54, 1.807) is 10.7 Å². The van der Waals surface area contributed by atoms with E-state index in [9.17, 15) is 13.2 Å². The SMILES string of the molecule is COc1ccc(NC(=O)CCc2c(C)nn(CCC#N)c2C)cc1S(=O)(=O)N(C)C. The minimum atomic E-state index is -3.73. The van der Waals surface area contributed by atoms with E-state index in [-0.39, 0.29) is 23.0 Å². The van der Waals surface area contributed by atoms with E-state index >= 15 is 0 Å². The van der Waals surface area contributed by atoms with E-state index < -0.39 is 10.0 Å². The molecule has 162 valence electrons. The third kappa shape index (κ3) is 5.17. The van der Waals surface area contributed by atoms with E-state index in [1.807, 2.05) is 13.8 Å². The molecule has 1 aromatic heterocycles. The molecule has 1 heterocycles. The van der Waals surface area contributed by atoms with Crippen LogP contribution in [-0.2, 0) is 27.8 Å². The number of nitrogens with zero attached hydrogens (tertiary/aromatic N) is 4. The van der Waals surface area contributed by atoms with Gasteiger partial charge in [0, 0.05) is 31.9 Å². The van der Waals surface area contributed by atoms with Crippen LogP contribution in [-0.4, -0.2) is 49.6 Å². The molecule has 10 heteroatoms. The van der Waals surface area contributed by atoms with Gasteiger partial charge in [-0.2, -0.15) is 10.4 Å². The molecule has 0 atom stereocenters. The summed E-state index contributed by atoms with van der Waals surface area (Å²) in [6.07, 6.45) is 1.08. The molecule has 1 N–H and O–H groups in total. The van der Waals surface area contributed by atoms with Crippen LogP contribution in [0.3, 0.4) is 0 Å². The summed E-state index contributed by atoms with van der Waals surface area (Å²) in [6.45, 7) is 4.32. The lowest BCUT2D eigenvalue weighted by Gasteiger charge is -2.16. The number of aromatic nitrogens is 2. The van der Waals surface area contributed by atoms with Crippen molar-refractivity contribution in [3.05, 3.63) is 35.2 Å². The summed E-state index contributed by atoms with van der Waals surface area (Å²) in [5, 5.41) is 15.9. The molecule has 0 fully saturated rings. The number of ether oxygens (including phenoxy) is 1. The molecular formula is C20H27N5O4S. The molecule has 0 saturated heterocycles. The van der Waals surface area contributed by atoms with Crippen molar-refractivity contribution in [1.29, 1.82) is 5.26 Å². The molecule has 1 amide bonds. The van der Waals surface area contributed by atoms with Gasteiger partial charge in [-0.15, -0.1) is 0 Å². The number of aryl methyl sites for hydroxylation is 2. The molecule has 0 unspecified atom stereocenters. The van der Waals surface area contributed by atoms with Crippen LogP contribution in [0, 0.1) is 25.2 Å². The summed E-state index contributed by atoms with van der Waals surface area (Å²) < 4.78 is 33.1. The number of anilines is 1. The third-order valence-electron chi connectivity index (χ3n) is 4.77. The van der Waals surface area contributed by atoms with Crippen LogP contribution >= 0.6 is 0 Å². The Labute approximate surface area is 177 Å². The highest BCUT2D eigenvalue weighted by Gasteiger charge is 2.23. The molecule has 0 spiro atoms. The Kier molecular flexibility index (Phi) is 7.59. The second kappa shape index (κ2) is 9.73. The lowest BCUT2D eigenvalue weighted by Crippen LogP contribution is -2.23. The standard InChI is InChI=1S/C20H27N5O4S/c1-14-17(15(2)25(23-14)12-6-11-21)8-10-20(26)22-16-7-9-18(29-5)19(13-16)30(27,28)24(3)4/h7,9,13H,6,8,10,12H2,1-5H3,(H,22,26). The Morgan fingerprint density at radius 1 is 1.33 bits per heavy atom. The molecule has 1 aromatic carbocycles. The number of rotatable bonds is 9. The first-order valence-electron chi connectivity index (χ1n) is 9.42. The molecule has 9 nitrogen and oxygen atoms in total. The number of benzene rings is 1. The van der Waals surface area contributed by atoms with E-state index in [0.717, 1.165) is 21.3 Å². The molecule has 0 radical (unpaired) electrons. The smallest absolute Gasteiger partial charge is 0.246 e. The summed E-state index contributed by atoms with van der Waals surface area (Å²) in [5.41, 5.74) is 3.13. The van der Waals surface area contributed by atoms with Crippen LogP contribution in [0.2, 0.25) is 0 Å². The minimum absolute atomic E-state index is 0.0155. The zero-order valence-electron chi connectivity index (χ0n) is 17.9. The molecular weight excluding hydrogens is 406 g/mol. The van der Waals surface area contributed by atoms with Crippen molar-refractivity contribution in [3.8, 4) is 11.8 Å². The monoisotopic (exact) mass is 433 g/mol. The van der Waals surface area contributed by atoms with Crippen molar-refractivity contribution in [1.82, 2.24) is 14.1 Å². The van der Waals surface area contributed by atoms with Gasteiger partial charge < -0.3 is 10.1 Å². The van der Waals surface area contributed by atoms with Crippen LogP contribution in [0.15, 0.2) is 23.1 Å². The normalized spacial score (nSPS) is 11.4. The summed E-state index contributed by atoms with van der Waals surface area (Å²) in [4.78, 5) is 12.4. The van der Waals surface area contributed by atoms with Gasteiger partial charge in [-0.05, 0) is 44.0 Å². The van der Waals surface area contributed by atoms with Gasteiger partial charge in [-0.1, -0.05) is 0 Å². The molecule has 0 aliphatic heterocycles. The van der Waals surface area contributed by atoms with Crippen LogP contribution < -0.4 is 10.1 Å². The molecule has 0 aliphatic carbocycles. The number of nitriles is 1. The molecule has 0 aliphatic rings. The largest absolute Gasteiger partial charge is 0.495 e. The molecule has 0 saturated carbocycles. The second-order valence-electron chi connectivity index (χ2n) is 6.98. The average Bonchev–Trinajstić information content (AvgIpc) is 2.97. The first-order valence-corrected chi connectivity index (χ1v) is 10.9. The fourth-order valence-corrected chi connectivity index (χ4v) is 4.16. The Hall–Kier alpha value is -2.90. The summed E-state index contributed by atoms with van der Waals surface area (Å²) >= 11 is 0. The van der Waals surface area contributed by atoms with Gasteiger partial charge >= 0.3 is 0 Å². The van der Waals surface area contributed by atoms with E-state index in [4.69, 9.17) is 10.00 Å². The minimum Gasteiger partial charge on any atom is -0.495 e. The van der Waals surface area contributed by atoms with Crippen molar-refractivity contribution in [2.45, 2.75) is 44.6 Å². The van der Waals surface area contributed by atoms with Crippen molar-refractivity contribution in [3.63, 3.8) is 0 Å². The number of carbonyl (C=O) groups excluding carboxylic acids is 1. The maximum atomic E-state index is 12.5.